The lowest BCUT2D eigenvalue weighted by Gasteiger charge is -2.20. The van der Waals surface area contributed by atoms with Crippen molar-refractivity contribution in [1.82, 2.24) is 4.57 Å². The molecule has 0 saturated carbocycles. The van der Waals surface area contributed by atoms with E-state index in [0.29, 0.717) is 0 Å². The van der Waals surface area contributed by atoms with Gasteiger partial charge in [-0.1, -0.05) is 66.7 Å². The third kappa shape index (κ3) is 2.08. The molecule has 0 saturated heterocycles. The first-order valence-electron chi connectivity index (χ1n) is 10.2. The first-order valence-corrected chi connectivity index (χ1v) is 10.2. The minimum absolute atomic E-state index is 0.897. The van der Waals surface area contributed by atoms with Crippen LogP contribution >= 0.6 is 0 Å². The Labute approximate surface area is 173 Å². The maximum atomic E-state index is 6.22. The first kappa shape index (κ1) is 15.8. The fraction of sp³-hybridized carbons (Fsp3) is 0. The summed E-state index contributed by atoms with van der Waals surface area (Å²) in [6, 6.07) is 36.6. The summed E-state index contributed by atoms with van der Waals surface area (Å²) in [7, 11) is 0. The Hall–Kier alpha value is -4.04. The van der Waals surface area contributed by atoms with Crippen LogP contribution in [0.5, 0.6) is 11.5 Å². The number of para-hydroxylation sites is 3. The van der Waals surface area contributed by atoms with E-state index in [2.05, 4.69) is 95.6 Å². The molecule has 0 N–H and O–H groups in total. The molecule has 2 nitrogen and oxygen atoms in total. The standard InChI is InChI=1S/C28H17NO/c1-2-7-19-16-20(13-12-18(19)6-1)21-14-15-24-23(17-21)22-8-5-11-27-28(22)29(24)25-9-3-4-10-26(25)30-27/h1-17H. The Kier molecular flexibility index (Phi) is 3.03. The van der Waals surface area contributed by atoms with Crippen molar-refractivity contribution in [3.8, 4) is 28.3 Å². The van der Waals surface area contributed by atoms with E-state index in [1.54, 1.807) is 0 Å². The summed E-state index contributed by atoms with van der Waals surface area (Å²) in [5.41, 5.74) is 5.90. The van der Waals surface area contributed by atoms with Crippen molar-refractivity contribution in [2.75, 3.05) is 0 Å². The number of nitrogens with zero attached hydrogens (tertiary/aromatic N) is 1. The predicted molar refractivity (Wildman–Crippen MR) is 124 cm³/mol. The molecule has 1 aromatic heterocycles. The largest absolute Gasteiger partial charge is 0.453 e. The SMILES string of the molecule is c1ccc2c(c1)Oc1cccc3c4cc(-c5ccc6ccccc6c5)ccc4n-2c13. The van der Waals surface area contributed by atoms with Gasteiger partial charge in [0.15, 0.2) is 11.5 Å². The molecule has 0 atom stereocenters. The highest BCUT2D eigenvalue weighted by Gasteiger charge is 2.23. The number of ether oxygens (including phenoxy) is 1. The van der Waals surface area contributed by atoms with Crippen LogP contribution in [0.2, 0.25) is 0 Å². The average Bonchev–Trinajstić information content (AvgIpc) is 3.14. The van der Waals surface area contributed by atoms with Crippen LogP contribution in [0, 0.1) is 0 Å². The Morgan fingerprint density at radius 3 is 2.27 bits per heavy atom. The van der Waals surface area contributed by atoms with Gasteiger partial charge in [-0.05, 0) is 58.3 Å². The van der Waals surface area contributed by atoms with Crippen LogP contribution < -0.4 is 4.74 Å². The molecule has 7 rings (SSSR count). The summed E-state index contributed by atoms with van der Waals surface area (Å²) < 4.78 is 8.56. The van der Waals surface area contributed by atoms with Crippen molar-refractivity contribution in [2.45, 2.75) is 0 Å². The summed E-state index contributed by atoms with van der Waals surface area (Å²) in [5.74, 6) is 1.81. The van der Waals surface area contributed by atoms with Gasteiger partial charge in [-0.2, -0.15) is 0 Å². The fourth-order valence-corrected chi connectivity index (χ4v) is 4.77. The smallest absolute Gasteiger partial charge is 0.152 e. The molecule has 0 amide bonds. The van der Waals surface area contributed by atoms with E-state index < -0.39 is 0 Å². The molecule has 0 aliphatic carbocycles. The van der Waals surface area contributed by atoms with E-state index in [4.69, 9.17) is 4.74 Å². The van der Waals surface area contributed by atoms with Gasteiger partial charge in [0.1, 0.15) is 0 Å². The molecule has 5 aromatic carbocycles. The molecule has 0 unspecified atom stereocenters. The van der Waals surface area contributed by atoms with E-state index in [-0.39, 0.29) is 0 Å². The normalized spacial score (nSPS) is 12.3. The number of hydrogen-bond donors (Lipinski definition) is 0. The van der Waals surface area contributed by atoms with Crippen molar-refractivity contribution in [2.24, 2.45) is 0 Å². The van der Waals surface area contributed by atoms with Crippen LogP contribution in [0.1, 0.15) is 0 Å². The molecular weight excluding hydrogens is 366 g/mol. The summed E-state index contributed by atoms with van der Waals surface area (Å²) in [6.07, 6.45) is 0. The lowest BCUT2D eigenvalue weighted by atomic mass is 9.99. The minimum Gasteiger partial charge on any atom is -0.453 e. The van der Waals surface area contributed by atoms with Gasteiger partial charge in [-0.25, -0.2) is 0 Å². The van der Waals surface area contributed by atoms with Gasteiger partial charge >= 0.3 is 0 Å². The van der Waals surface area contributed by atoms with Crippen LogP contribution in [0.25, 0.3) is 49.4 Å². The molecular formula is C28H17NO. The maximum Gasteiger partial charge on any atom is 0.152 e. The van der Waals surface area contributed by atoms with E-state index in [1.165, 1.54) is 38.2 Å². The number of hydrogen-bond acceptors (Lipinski definition) is 1. The lowest BCUT2D eigenvalue weighted by Crippen LogP contribution is -2.03. The van der Waals surface area contributed by atoms with Crippen LogP contribution in [0.15, 0.2) is 103 Å². The summed E-state index contributed by atoms with van der Waals surface area (Å²) in [6.45, 7) is 0. The average molecular weight is 383 g/mol. The van der Waals surface area contributed by atoms with E-state index in [0.717, 1.165) is 22.7 Å². The predicted octanol–water partition coefficient (Wildman–Crippen LogP) is 7.71. The maximum absolute atomic E-state index is 6.22. The first-order chi connectivity index (χ1) is 14.9. The monoisotopic (exact) mass is 383 g/mol. The van der Waals surface area contributed by atoms with Gasteiger partial charge in [0, 0.05) is 10.8 Å². The van der Waals surface area contributed by atoms with Crippen molar-refractivity contribution in [3.63, 3.8) is 0 Å². The van der Waals surface area contributed by atoms with Gasteiger partial charge in [0.2, 0.25) is 0 Å². The Morgan fingerprint density at radius 2 is 1.30 bits per heavy atom. The van der Waals surface area contributed by atoms with Crippen LogP contribution in [-0.4, -0.2) is 4.57 Å². The molecule has 0 spiro atoms. The van der Waals surface area contributed by atoms with Gasteiger partial charge in [0.25, 0.3) is 0 Å². The zero-order valence-electron chi connectivity index (χ0n) is 16.2. The Bertz CT molecular complexity index is 1620. The van der Waals surface area contributed by atoms with Gasteiger partial charge < -0.3 is 9.30 Å². The zero-order valence-corrected chi connectivity index (χ0v) is 16.2. The molecule has 2 heteroatoms. The topological polar surface area (TPSA) is 14.2 Å². The third-order valence-electron chi connectivity index (χ3n) is 6.16. The van der Waals surface area contributed by atoms with E-state index in [9.17, 15) is 0 Å². The summed E-state index contributed by atoms with van der Waals surface area (Å²) >= 11 is 0. The number of benzene rings is 5. The second-order valence-corrected chi connectivity index (χ2v) is 7.85. The van der Waals surface area contributed by atoms with E-state index >= 15 is 0 Å². The third-order valence-corrected chi connectivity index (χ3v) is 6.16. The zero-order chi connectivity index (χ0) is 19.7. The Morgan fingerprint density at radius 1 is 0.533 bits per heavy atom. The second kappa shape index (κ2) is 5.74. The highest BCUT2D eigenvalue weighted by atomic mass is 16.5. The van der Waals surface area contributed by atoms with Crippen LogP contribution in [0.3, 0.4) is 0 Å². The summed E-state index contributed by atoms with van der Waals surface area (Å²) in [4.78, 5) is 0. The Balaban J connectivity index is 1.54. The number of aromatic nitrogens is 1. The van der Waals surface area contributed by atoms with Crippen molar-refractivity contribution >= 4 is 32.6 Å². The van der Waals surface area contributed by atoms with E-state index in [1.807, 2.05) is 12.1 Å². The fourth-order valence-electron chi connectivity index (χ4n) is 4.77. The molecule has 0 bridgehead atoms. The summed E-state index contributed by atoms with van der Waals surface area (Å²) in [5, 5.41) is 5.00. The molecule has 6 aromatic rings. The minimum atomic E-state index is 0.897. The number of fused-ring (bicyclic) bond motifs is 6. The molecule has 30 heavy (non-hydrogen) atoms. The number of rotatable bonds is 1. The molecule has 1 aliphatic rings. The van der Waals surface area contributed by atoms with Gasteiger partial charge in [0.05, 0.1) is 16.7 Å². The molecule has 1 aliphatic heterocycles. The molecule has 0 radical (unpaired) electrons. The quantitative estimate of drug-likeness (QED) is 0.283. The van der Waals surface area contributed by atoms with Gasteiger partial charge in [-0.15, -0.1) is 0 Å². The molecule has 2 heterocycles. The second-order valence-electron chi connectivity index (χ2n) is 7.85. The van der Waals surface area contributed by atoms with Crippen molar-refractivity contribution in [3.05, 3.63) is 103 Å². The molecule has 140 valence electrons. The van der Waals surface area contributed by atoms with Crippen molar-refractivity contribution in [1.29, 1.82) is 0 Å². The van der Waals surface area contributed by atoms with Crippen LogP contribution in [-0.2, 0) is 0 Å². The highest BCUT2D eigenvalue weighted by Crippen LogP contribution is 2.45. The highest BCUT2D eigenvalue weighted by molar-refractivity contribution is 6.13. The molecule has 0 fully saturated rings. The van der Waals surface area contributed by atoms with Gasteiger partial charge in [-0.3, -0.25) is 0 Å². The lowest BCUT2D eigenvalue weighted by molar-refractivity contribution is 0.476. The van der Waals surface area contributed by atoms with Crippen LogP contribution in [0.4, 0.5) is 0 Å². The van der Waals surface area contributed by atoms with Crippen molar-refractivity contribution < 1.29 is 4.74 Å².